The molecular weight excluding hydrogens is 504 g/mol. The number of cyclic esters (lactones) is 1. The van der Waals surface area contributed by atoms with Gasteiger partial charge in [0, 0.05) is 32.9 Å². The van der Waals surface area contributed by atoms with E-state index < -0.39 is 11.5 Å². The molecule has 1 saturated heterocycles. The lowest BCUT2D eigenvalue weighted by molar-refractivity contribution is 0.0451. The van der Waals surface area contributed by atoms with E-state index in [0.29, 0.717) is 36.4 Å². The zero-order valence-corrected chi connectivity index (χ0v) is 21.0. The van der Waals surface area contributed by atoms with Gasteiger partial charge in [0.05, 0.1) is 29.9 Å². The van der Waals surface area contributed by atoms with Gasteiger partial charge < -0.3 is 14.2 Å². The largest absolute Gasteiger partial charge is 0.460 e. The number of pyridine rings is 2. The summed E-state index contributed by atoms with van der Waals surface area (Å²) in [5.41, 5.74) is 2.71. The first-order chi connectivity index (χ1) is 18.9. The molecule has 2 aliphatic rings. The highest BCUT2D eigenvalue weighted by Crippen LogP contribution is 2.37. The minimum atomic E-state index is -0.710. The highest BCUT2D eigenvalue weighted by atomic mass is 19.1. The molecule has 0 amide bonds. The summed E-state index contributed by atoms with van der Waals surface area (Å²) in [4.78, 5) is 38.5. The second kappa shape index (κ2) is 9.60. The van der Waals surface area contributed by atoms with Crippen molar-refractivity contribution in [2.45, 2.75) is 12.1 Å². The van der Waals surface area contributed by atoms with E-state index >= 15 is 0 Å². The first-order valence-corrected chi connectivity index (χ1v) is 12.4. The van der Waals surface area contributed by atoms with Gasteiger partial charge in [-0.1, -0.05) is 24.3 Å². The molecule has 10 heteroatoms. The minimum Gasteiger partial charge on any atom is -0.460 e. The lowest BCUT2D eigenvalue weighted by Crippen LogP contribution is -2.55. The molecule has 39 heavy (non-hydrogen) atoms. The molecule has 1 atom stereocenters. The van der Waals surface area contributed by atoms with E-state index in [-0.39, 0.29) is 41.6 Å². The number of benzene rings is 2. The summed E-state index contributed by atoms with van der Waals surface area (Å²) in [7, 11) is 1.55. The highest BCUT2D eigenvalue weighted by Gasteiger charge is 2.39. The maximum Gasteiger partial charge on any atom is 0.346 e. The maximum absolute atomic E-state index is 13.8. The van der Waals surface area contributed by atoms with Crippen LogP contribution in [0.1, 0.15) is 27.5 Å². The van der Waals surface area contributed by atoms with Crippen LogP contribution in [0.5, 0.6) is 0 Å². The van der Waals surface area contributed by atoms with Crippen molar-refractivity contribution in [1.82, 2.24) is 14.5 Å². The van der Waals surface area contributed by atoms with Crippen molar-refractivity contribution in [2.24, 2.45) is 7.05 Å². The summed E-state index contributed by atoms with van der Waals surface area (Å²) in [6, 6.07) is 13.4. The van der Waals surface area contributed by atoms with E-state index in [9.17, 15) is 18.4 Å². The Bertz CT molecular complexity index is 1650. The fraction of sp³-hybridized carbons (Fsp3) is 0.241. The fourth-order valence-electron chi connectivity index (χ4n) is 5.60. The number of carbonyl (C=O) groups excluding carboxylic acids is 1. The van der Waals surface area contributed by atoms with Gasteiger partial charge in [-0.15, -0.1) is 0 Å². The van der Waals surface area contributed by atoms with E-state index in [1.165, 1.54) is 35.0 Å². The maximum atomic E-state index is 13.8. The quantitative estimate of drug-likeness (QED) is 0.294. The summed E-state index contributed by atoms with van der Waals surface area (Å²) >= 11 is 0. The monoisotopic (exact) mass is 527 g/mol. The third kappa shape index (κ3) is 4.21. The van der Waals surface area contributed by atoms with Crippen molar-refractivity contribution < 1.29 is 18.3 Å². The molecule has 2 aromatic heterocycles. The molecule has 6 rings (SSSR count). The summed E-state index contributed by atoms with van der Waals surface area (Å²) in [5.74, 6) is -1.41. The Morgan fingerprint density at radius 3 is 2.28 bits per heavy atom. The van der Waals surface area contributed by atoms with Crippen LogP contribution in [0.15, 0.2) is 65.6 Å². The molecule has 8 nitrogen and oxygen atoms in total. The van der Waals surface area contributed by atoms with Crippen molar-refractivity contribution >= 4 is 28.4 Å². The average molecular weight is 528 g/mol. The van der Waals surface area contributed by atoms with Gasteiger partial charge in [0.25, 0.3) is 5.56 Å². The molecule has 4 aromatic rings. The summed E-state index contributed by atoms with van der Waals surface area (Å²) in [6.07, 6.45) is 1.43. The lowest BCUT2D eigenvalue weighted by atomic mass is 9.95. The molecule has 0 N–H and O–H groups in total. The topological polar surface area (TPSA) is 72.0 Å². The minimum absolute atomic E-state index is 0.0500. The van der Waals surface area contributed by atoms with Crippen LogP contribution in [-0.4, -0.2) is 52.7 Å². The van der Waals surface area contributed by atoms with Gasteiger partial charge in [-0.25, -0.2) is 18.4 Å². The predicted octanol–water partition coefficient (Wildman–Crippen LogP) is 4.21. The number of fused-ring (bicyclic) bond motifs is 5. The number of hydrogen-bond acceptors (Lipinski definition) is 6. The molecule has 0 saturated carbocycles. The number of rotatable bonds is 3. The predicted molar refractivity (Wildman–Crippen MR) is 141 cm³/mol. The fourth-order valence-corrected chi connectivity index (χ4v) is 5.60. The third-order valence-corrected chi connectivity index (χ3v) is 7.47. The van der Waals surface area contributed by atoms with Crippen LogP contribution < -0.4 is 10.5 Å². The van der Waals surface area contributed by atoms with E-state index in [0.717, 1.165) is 11.1 Å². The van der Waals surface area contributed by atoms with E-state index in [1.807, 2.05) is 4.90 Å². The number of nitrogens with zero attached hydrogens (tertiary/aromatic N) is 5. The molecule has 0 spiro atoms. The molecule has 1 fully saturated rings. The average Bonchev–Trinajstić information content (AvgIpc) is 3.10. The normalized spacial score (nSPS) is 17.4. The van der Waals surface area contributed by atoms with Gasteiger partial charge in [0.15, 0.2) is 5.56 Å². The Morgan fingerprint density at radius 2 is 1.67 bits per heavy atom. The van der Waals surface area contributed by atoms with Gasteiger partial charge in [0.1, 0.15) is 23.8 Å². The number of aryl methyl sites for hydroxylation is 1. The number of piperazine rings is 1. The molecule has 0 aliphatic carbocycles. The molecular formula is C29H23F2N5O3. The summed E-state index contributed by atoms with van der Waals surface area (Å²) in [6.45, 7) is 8.81. The van der Waals surface area contributed by atoms with Gasteiger partial charge in [-0.3, -0.25) is 14.7 Å². The van der Waals surface area contributed by atoms with Crippen molar-refractivity contribution in [3.8, 4) is 0 Å². The van der Waals surface area contributed by atoms with Crippen molar-refractivity contribution in [2.75, 3.05) is 31.1 Å². The van der Waals surface area contributed by atoms with Crippen molar-refractivity contribution in [1.29, 1.82) is 0 Å². The van der Waals surface area contributed by atoms with Crippen LogP contribution in [0.4, 0.5) is 20.2 Å². The number of hydrogen-bond donors (Lipinski definition) is 0. The number of halogens is 2. The van der Waals surface area contributed by atoms with Crippen LogP contribution in [-0.2, 0) is 11.8 Å². The van der Waals surface area contributed by atoms with Crippen LogP contribution in [0, 0.1) is 18.2 Å². The zero-order chi connectivity index (χ0) is 27.3. The smallest absolute Gasteiger partial charge is 0.346 e. The van der Waals surface area contributed by atoms with Gasteiger partial charge in [-0.05, 0) is 41.5 Å². The molecule has 0 bridgehead atoms. The molecule has 2 aromatic carbocycles. The molecule has 4 heterocycles. The standard InChI is InChI=1S/C29H23F2N5O3/c1-32-21-13-23-25(33-14-21)27-24(28(37)34(23)2)29(38)39-16-22-15-35(11-12-36(22)27)26(17-3-7-19(30)8-4-17)18-5-9-20(31)10-6-18/h3-10,13-14,22,26H,11-12,15-16H2,2H3/t22-/m1/s1. The number of esters is 1. The van der Waals surface area contributed by atoms with Gasteiger partial charge >= 0.3 is 5.97 Å². The first-order valence-electron chi connectivity index (χ1n) is 12.4. The Balaban J connectivity index is 1.44. The van der Waals surface area contributed by atoms with Gasteiger partial charge in [-0.2, -0.15) is 0 Å². The summed E-state index contributed by atoms with van der Waals surface area (Å²) in [5, 5.41) is 0. The molecule has 196 valence electrons. The van der Waals surface area contributed by atoms with E-state index in [4.69, 9.17) is 11.3 Å². The van der Waals surface area contributed by atoms with Crippen LogP contribution in [0.25, 0.3) is 15.9 Å². The van der Waals surface area contributed by atoms with Crippen molar-refractivity contribution in [3.05, 3.63) is 111 Å². The Kier molecular flexibility index (Phi) is 6.08. The van der Waals surface area contributed by atoms with Gasteiger partial charge in [0.2, 0.25) is 5.69 Å². The second-order valence-electron chi connectivity index (χ2n) is 9.71. The lowest BCUT2D eigenvalue weighted by Gasteiger charge is -2.45. The van der Waals surface area contributed by atoms with Crippen LogP contribution in [0.3, 0.4) is 0 Å². The zero-order valence-electron chi connectivity index (χ0n) is 21.0. The van der Waals surface area contributed by atoms with E-state index in [1.54, 1.807) is 37.4 Å². The number of anilines is 1. The Hall–Kier alpha value is -4.62. The molecule has 0 unspecified atom stereocenters. The number of aromatic nitrogens is 2. The highest BCUT2D eigenvalue weighted by molar-refractivity contribution is 6.05. The van der Waals surface area contributed by atoms with Crippen LogP contribution >= 0.6 is 0 Å². The second-order valence-corrected chi connectivity index (χ2v) is 9.71. The Labute approximate surface area is 222 Å². The third-order valence-electron chi connectivity index (χ3n) is 7.47. The summed E-state index contributed by atoms with van der Waals surface area (Å²) < 4.78 is 34.4. The Morgan fingerprint density at radius 1 is 1.03 bits per heavy atom. The first kappa shape index (κ1) is 24.7. The molecule has 2 aliphatic heterocycles. The SMILES string of the molecule is [C-]#[N+]c1cnc2c3c(c(=O)n(C)c2c1)C(=O)OC[C@H]1CN(C(c2ccc(F)cc2)c2ccc(F)cc2)CCN31. The number of ether oxygens (including phenoxy) is 1. The number of carbonyl (C=O) groups is 1. The molecule has 0 radical (unpaired) electrons. The van der Waals surface area contributed by atoms with E-state index in [2.05, 4.69) is 14.7 Å². The van der Waals surface area contributed by atoms with Crippen molar-refractivity contribution in [3.63, 3.8) is 0 Å². The van der Waals surface area contributed by atoms with Crippen LogP contribution in [0.2, 0.25) is 0 Å².